The molecule has 8 heteroatoms. The number of fused-ring (bicyclic) bond motifs is 1. The average Bonchev–Trinajstić information content (AvgIpc) is 3.24. The van der Waals surface area contributed by atoms with Gasteiger partial charge in [0.1, 0.15) is 18.0 Å². The van der Waals surface area contributed by atoms with E-state index >= 15 is 0 Å². The summed E-state index contributed by atoms with van der Waals surface area (Å²) in [6.07, 6.45) is 1.78. The van der Waals surface area contributed by atoms with Gasteiger partial charge in [0, 0.05) is 44.3 Å². The van der Waals surface area contributed by atoms with E-state index in [2.05, 4.69) is 22.0 Å². The molecule has 0 spiro atoms. The highest BCUT2D eigenvalue weighted by molar-refractivity contribution is 5.95. The first-order chi connectivity index (χ1) is 17.6. The lowest BCUT2D eigenvalue weighted by Crippen LogP contribution is -2.49. The third-order valence-electron chi connectivity index (χ3n) is 6.78. The Morgan fingerprint density at radius 2 is 1.53 bits per heavy atom. The lowest BCUT2D eigenvalue weighted by Gasteiger charge is -2.34. The number of piperazine rings is 1. The minimum atomic E-state index is 0.0696. The summed E-state index contributed by atoms with van der Waals surface area (Å²) in [5.74, 6) is 1.74. The van der Waals surface area contributed by atoms with Crippen molar-refractivity contribution in [3.05, 3.63) is 72.1 Å². The minimum Gasteiger partial charge on any atom is -0.497 e. The smallest absolute Gasteiger partial charge is 0.244 e. The quantitative estimate of drug-likeness (QED) is 0.397. The number of ether oxygens (including phenoxy) is 2. The Kier molecular flexibility index (Phi) is 6.86. The molecule has 186 valence electrons. The van der Waals surface area contributed by atoms with E-state index in [0.29, 0.717) is 13.1 Å². The number of hydrogen-bond acceptors (Lipinski definition) is 6. The number of nitrogens with zero attached hydrogens (tertiary/aromatic N) is 5. The van der Waals surface area contributed by atoms with E-state index in [9.17, 15) is 4.79 Å². The fourth-order valence-electron chi connectivity index (χ4n) is 4.78. The summed E-state index contributed by atoms with van der Waals surface area (Å²) in [6, 6.07) is 18.1. The number of benzene rings is 2. The van der Waals surface area contributed by atoms with Gasteiger partial charge in [0.05, 0.1) is 19.9 Å². The molecule has 0 bridgehead atoms. The van der Waals surface area contributed by atoms with Crippen LogP contribution in [0.15, 0.2) is 60.8 Å². The molecule has 0 aliphatic carbocycles. The van der Waals surface area contributed by atoms with E-state index in [1.807, 2.05) is 54.3 Å². The molecule has 0 saturated carbocycles. The SMILES string of the molecule is COc1ccc(CN2CCN(C(=O)Cn3nc(C)c4c(-c5ccc(OC)cc5)ccnc43)CC2)cc1. The van der Waals surface area contributed by atoms with Gasteiger partial charge < -0.3 is 14.4 Å². The van der Waals surface area contributed by atoms with Crippen LogP contribution in [-0.2, 0) is 17.9 Å². The maximum atomic E-state index is 13.2. The van der Waals surface area contributed by atoms with E-state index in [-0.39, 0.29) is 12.5 Å². The van der Waals surface area contributed by atoms with Gasteiger partial charge in [-0.15, -0.1) is 0 Å². The standard InChI is InChI=1S/C28H31N5O3/c1-20-27-25(22-6-10-24(36-3)11-7-22)12-13-29-28(27)33(30-20)19-26(34)32-16-14-31(15-17-32)18-21-4-8-23(35-2)9-5-21/h4-13H,14-19H2,1-3H3. The fraction of sp³-hybridized carbons (Fsp3) is 0.321. The van der Waals surface area contributed by atoms with Gasteiger partial charge in [-0.05, 0) is 53.9 Å². The summed E-state index contributed by atoms with van der Waals surface area (Å²) >= 11 is 0. The number of hydrogen-bond donors (Lipinski definition) is 0. The molecule has 3 heterocycles. The number of carbonyl (C=O) groups excluding carboxylic acids is 1. The van der Waals surface area contributed by atoms with Gasteiger partial charge in [-0.25, -0.2) is 9.67 Å². The van der Waals surface area contributed by atoms with Gasteiger partial charge in [-0.3, -0.25) is 9.69 Å². The second-order valence-electron chi connectivity index (χ2n) is 9.03. The lowest BCUT2D eigenvalue weighted by atomic mass is 10.0. The molecular formula is C28H31N5O3. The Balaban J connectivity index is 1.25. The summed E-state index contributed by atoms with van der Waals surface area (Å²) in [7, 11) is 3.33. The summed E-state index contributed by atoms with van der Waals surface area (Å²) < 4.78 is 12.3. The fourth-order valence-corrected chi connectivity index (χ4v) is 4.78. The van der Waals surface area contributed by atoms with Crippen LogP contribution in [0.25, 0.3) is 22.2 Å². The predicted molar refractivity (Wildman–Crippen MR) is 139 cm³/mol. The molecule has 4 aromatic rings. The van der Waals surface area contributed by atoms with Crippen LogP contribution in [-0.4, -0.2) is 70.9 Å². The lowest BCUT2D eigenvalue weighted by molar-refractivity contribution is -0.133. The molecule has 0 N–H and O–H groups in total. The van der Waals surface area contributed by atoms with E-state index in [1.165, 1.54) is 5.56 Å². The number of amides is 1. The highest BCUT2D eigenvalue weighted by Crippen LogP contribution is 2.31. The average molecular weight is 486 g/mol. The van der Waals surface area contributed by atoms with Crippen LogP contribution in [0.1, 0.15) is 11.3 Å². The van der Waals surface area contributed by atoms with Crippen LogP contribution in [0.5, 0.6) is 11.5 Å². The zero-order valence-corrected chi connectivity index (χ0v) is 21.0. The van der Waals surface area contributed by atoms with Crippen molar-refractivity contribution in [1.29, 1.82) is 0 Å². The molecule has 8 nitrogen and oxygen atoms in total. The molecule has 1 aliphatic heterocycles. The van der Waals surface area contributed by atoms with Crippen molar-refractivity contribution >= 4 is 16.9 Å². The molecule has 2 aromatic heterocycles. The monoisotopic (exact) mass is 485 g/mol. The third kappa shape index (κ3) is 4.90. The number of aromatic nitrogens is 3. The zero-order chi connectivity index (χ0) is 25.1. The van der Waals surface area contributed by atoms with Gasteiger partial charge in [-0.1, -0.05) is 24.3 Å². The second-order valence-corrected chi connectivity index (χ2v) is 9.03. The molecule has 1 saturated heterocycles. The molecule has 0 atom stereocenters. The summed E-state index contributed by atoms with van der Waals surface area (Å²) in [4.78, 5) is 22.1. The molecule has 36 heavy (non-hydrogen) atoms. The molecule has 0 radical (unpaired) electrons. The summed E-state index contributed by atoms with van der Waals surface area (Å²) in [6.45, 7) is 6.12. The maximum absolute atomic E-state index is 13.2. The molecule has 0 unspecified atom stereocenters. The zero-order valence-electron chi connectivity index (χ0n) is 21.0. The summed E-state index contributed by atoms with van der Waals surface area (Å²) in [5.41, 5.74) is 4.94. The molecule has 1 fully saturated rings. The van der Waals surface area contributed by atoms with Gasteiger partial charge in [0.25, 0.3) is 0 Å². The van der Waals surface area contributed by atoms with Crippen LogP contribution in [0.2, 0.25) is 0 Å². The summed E-state index contributed by atoms with van der Waals surface area (Å²) in [5, 5.41) is 5.66. The number of methoxy groups -OCH3 is 2. The predicted octanol–water partition coefficient (Wildman–Crippen LogP) is 3.77. The van der Waals surface area contributed by atoms with Crippen LogP contribution < -0.4 is 9.47 Å². The van der Waals surface area contributed by atoms with Gasteiger partial charge in [0.15, 0.2) is 5.65 Å². The third-order valence-corrected chi connectivity index (χ3v) is 6.78. The topological polar surface area (TPSA) is 72.7 Å². The number of pyridine rings is 1. The Bertz CT molecular complexity index is 1340. The van der Waals surface area contributed by atoms with E-state index in [4.69, 9.17) is 14.6 Å². The van der Waals surface area contributed by atoms with Crippen molar-refractivity contribution in [3.63, 3.8) is 0 Å². The van der Waals surface area contributed by atoms with Gasteiger partial charge >= 0.3 is 0 Å². The first kappa shape index (κ1) is 23.8. The van der Waals surface area contributed by atoms with Crippen LogP contribution in [0.4, 0.5) is 0 Å². The van der Waals surface area contributed by atoms with Crippen LogP contribution in [0.3, 0.4) is 0 Å². The highest BCUT2D eigenvalue weighted by Gasteiger charge is 2.23. The van der Waals surface area contributed by atoms with Gasteiger partial charge in [-0.2, -0.15) is 5.10 Å². The Hall–Kier alpha value is -3.91. The normalized spacial score (nSPS) is 14.2. The van der Waals surface area contributed by atoms with E-state index in [1.54, 1.807) is 25.1 Å². The van der Waals surface area contributed by atoms with Crippen LogP contribution >= 0.6 is 0 Å². The minimum absolute atomic E-state index is 0.0696. The van der Waals surface area contributed by atoms with Crippen molar-refractivity contribution in [2.24, 2.45) is 0 Å². The Morgan fingerprint density at radius 3 is 2.17 bits per heavy atom. The van der Waals surface area contributed by atoms with Crippen molar-refractivity contribution in [2.45, 2.75) is 20.0 Å². The van der Waals surface area contributed by atoms with Crippen molar-refractivity contribution in [1.82, 2.24) is 24.6 Å². The first-order valence-corrected chi connectivity index (χ1v) is 12.2. The molecular weight excluding hydrogens is 454 g/mol. The Morgan fingerprint density at radius 1 is 0.889 bits per heavy atom. The molecule has 1 amide bonds. The van der Waals surface area contributed by atoms with E-state index in [0.717, 1.165) is 59.0 Å². The number of rotatable bonds is 7. The highest BCUT2D eigenvalue weighted by atomic mass is 16.5. The van der Waals surface area contributed by atoms with Crippen LogP contribution in [0, 0.1) is 6.92 Å². The second kappa shape index (κ2) is 10.4. The number of aryl methyl sites for hydroxylation is 1. The van der Waals surface area contributed by atoms with Crippen molar-refractivity contribution in [3.8, 4) is 22.6 Å². The van der Waals surface area contributed by atoms with E-state index < -0.39 is 0 Å². The number of carbonyl (C=O) groups is 1. The van der Waals surface area contributed by atoms with Gasteiger partial charge in [0.2, 0.25) is 5.91 Å². The molecule has 1 aliphatic rings. The van der Waals surface area contributed by atoms with Crippen molar-refractivity contribution < 1.29 is 14.3 Å². The first-order valence-electron chi connectivity index (χ1n) is 12.2. The Labute approximate surface area is 211 Å². The largest absolute Gasteiger partial charge is 0.497 e. The molecule has 2 aromatic carbocycles. The molecule has 5 rings (SSSR count). The maximum Gasteiger partial charge on any atom is 0.244 e. The van der Waals surface area contributed by atoms with Crippen molar-refractivity contribution in [2.75, 3.05) is 40.4 Å².